The first-order valence-electron chi connectivity index (χ1n) is 35.7. The minimum atomic E-state index is -0.784. The van der Waals surface area contributed by atoms with Gasteiger partial charge in [0, 0.05) is 19.3 Å². The van der Waals surface area contributed by atoms with Crippen LogP contribution in [0.4, 0.5) is 0 Å². The Hall–Kier alpha value is -3.67. The van der Waals surface area contributed by atoms with E-state index in [-0.39, 0.29) is 31.1 Å². The summed E-state index contributed by atoms with van der Waals surface area (Å²) >= 11 is 0. The molecule has 0 aromatic heterocycles. The van der Waals surface area contributed by atoms with Gasteiger partial charge in [0.1, 0.15) is 13.2 Å². The van der Waals surface area contributed by atoms with Crippen molar-refractivity contribution in [3.05, 3.63) is 97.2 Å². The van der Waals surface area contributed by atoms with Crippen molar-refractivity contribution in [2.45, 2.75) is 361 Å². The lowest BCUT2D eigenvalue weighted by Crippen LogP contribution is -2.30. The first-order chi connectivity index (χ1) is 41.0. The first kappa shape index (κ1) is 79.3. The van der Waals surface area contributed by atoms with E-state index in [1.165, 1.54) is 199 Å². The lowest BCUT2D eigenvalue weighted by molar-refractivity contribution is -0.167. The van der Waals surface area contributed by atoms with E-state index in [0.717, 1.165) is 116 Å². The highest BCUT2D eigenvalue weighted by atomic mass is 16.6. The van der Waals surface area contributed by atoms with E-state index in [4.69, 9.17) is 14.2 Å². The quantitative estimate of drug-likeness (QED) is 0.0261. The highest BCUT2D eigenvalue weighted by Gasteiger charge is 2.19. The fourth-order valence-corrected chi connectivity index (χ4v) is 10.2. The third kappa shape index (κ3) is 69.0. The van der Waals surface area contributed by atoms with E-state index in [1.807, 2.05) is 0 Å². The van der Waals surface area contributed by atoms with Gasteiger partial charge in [0.2, 0.25) is 0 Å². The molecule has 1 atom stereocenters. The highest BCUT2D eigenvalue weighted by molar-refractivity contribution is 5.71. The molecule has 0 heterocycles. The van der Waals surface area contributed by atoms with Crippen molar-refractivity contribution in [2.24, 2.45) is 0 Å². The summed E-state index contributed by atoms with van der Waals surface area (Å²) in [7, 11) is 0. The van der Waals surface area contributed by atoms with Gasteiger partial charge in [0.25, 0.3) is 0 Å². The normalized spacial score (nSPS) is 12.7. The van der Waals surface area contributed by atoms with E-state index in [1.54, 1.807) is 0 Å². The molecule has 0 aliphatic rings. The molecule has 478 valence electrons. The minimum Gasteiger partial charge on any atom is -0.462 e. The van der Waals surface area contributed by atoms with E-state index < -0.39 is 6.10 Å². The molecule has 0 saturated carbocycles. The van der Waals surface area contributed by atoms with E-state index in [2.05, 4.69) is 118 Å². The Morgan fingerprint density at radius 3 is 0.759 bits per heavy atom. The van der Waals surface area contributed by atoms with Crippen LogP contribution < -0.4 is 0 Å². The number of ether oxygens (including phenoxy) is 3. The highest BCUT2D eigenvalue weighted by Crippen LogP contribution is 2.18. The molecule has 0 aromatic rings. The van der Waals surface area contributed by atoms with Crippen molar-refractivity contribution < 1.29 is 28.6 Å². The van der Waals surface area contributed by atoms with Crippen LogP contribution in [0.25, 0.3) is 0 Å². The predicted molar refractivity (Wildman–Crippen MR) is 362 cm³/mol. The van der Waals surface area contributed by atoms with Crippen LogP contribution in [0.3, 0.4) is 0 Å². The second-order valence-electron chi connectivity index (χ2n) is 23.8. The van der Waals surface area contributed by atoms with Crippen molar-refractivity contribution in [3.63, 3.8) is 0 Å². The van der Waals surface area contributed by atoms with Crippen LogP contribution in [-0.4, -0.2) is 37.2 Å². The second-order valence-corrected chi connectivity index (χ2v) is 23.8. The van der Waals surface area contributed by atoms with Gasteiger partial charge in [-0.2, -0.15) is 0 Å². The molecule has 6 heteroatoms. The zero-order valence-electron chi connectivity index (χ0n) is 54.9. The smallest absolute Gasteiger partial charge is 0.306 e. The van der Waals surface area contributed by atoms with Gasteiger partial charge >= 0.3 is 17.9 Å². The molecule has 0 spiro atoms. The molecule has 0 fully saturated rings. The fourth-order valence-electron chi connectivity index (χ4n) is 10.2. The Kier molecular flexibility index (Phi) is 67.7. The van der Waals surface area contributed by atoms with Gasteiger partial charge in [0.05, 0.1) is 0 Å². The Bertz CT molecular complexity index is 1610. The number of carbonyl (C=O) groups excluding carboxylic acids is 3. The van der Waals surface area contributed by atoms with Crippen LogP contribution in [0.5, 0.6) is 0 Å². The van der Waals surface area contributed by atoms with Crippen molar-refractivity contribution in [1.29, 1.82) is 0 Å². The maximum atomic E-state index is 13.0. The lowest BCUT2D eigenvalue weighted by atomic mass is 10.0. The van der Waals surface area contributed by atoms with Gasteiger partial charge < -0.3 is 14.2 Å². The average molecular weight is 1160 g/mol. The first-order valence-corrected chi connectivity index (χ1v) is 35.7. The Balaban J connectivity index is 4.27. The Morgan fingerprint density at radius 1 is 0.253 bits per heavy atom. The van der Waals surface area contributed by atoms with Crippen LogP contribution in [0.2, 0.25) is 0 Å². The molecule has 0 aliphatic carbocycles. The fraction of sp³-hybridized carbons (Fsp3) is 0.753. The van der Waals surface area contributed by atoms with Gasteiger partial charge in [-0.3, -0.25) is 14.4 Å². The zero-order valence-corrected chi connectivity index (χ0v) is 54.9. The summed E-state index contributed by atoms with van der Waals surface area (Å²) in [5, 5.41) is 0. The third-order valence-corrected chi connectivity index (χ3v) is 15.6. The summed E-state index contributed by atoms with van der Waals surface area (Å²) in [6, 6.07) is 0. The topological polar surface area (TPSA) is 78.9 Å². The van der Waals surface area contributed by atoms with Crippen molar-refractivity contribution in [2.75, 3.05) is 13.2 Å². The molecule has 0 bridgehead atoms. The maximum absolute atomic E-state index is 13.0. The summed E-state index contributed by atoms with van der Waals surface area (Å²) < 4.78 is 17.0. The molecular formula is C77H134O6. The van der Waals surface area contributed by atoms with E-state index >= 15 is 0 Å². The van der Waals surface area contributed by atoms with Crippen LogP contribution in [0.15, 0.2) is 97.2 Å². The molecule has 83 heavy (non-hydrogen) atoms. The standard InChI is InChI=1S/C77H134O6/c1-4-7-10-13-16-19-22-25-28-30-32-33-34-35-36-37-38-39-40-41-42-43-45-46-49-52-55-58-61-64-67-70-76(79)82-73-74(72-81-75(78)69-66-63-60-57-54-51-48-27-24-21-18-15-12-9-6-3)83-77(80)71-68-65-62-59-56-53-50-47-44-31-29-26-23-20-17-14-11-8-5-2/h7,10,16,18-19,21,25,27-28,32-33,35-36,38-39,48,74H,4-6,8-9,11-15,17,20,22-24,26,29-31,34,37,40-47,49-73H2,1-3H3/b10-7-,19-16-,21-18-,28-25-,33-32-,36-35-,39-38-,48-27-. The molecule has 0 aliphatic heterocycles. The van der Waals surface area contributed by atoms with Crippen molar-refractivity contribution >= 4 is 17.9 Å². The van der Waals surface area contributed by atoms with Crippen LogP contribution in [-0.2, 0) is 28.6 Å². The summed E-state index contributed by atoms with van der Waals surface area (Å²) in [5.74, 6) is -0.876. The summed E-state index contributed by atoms with van der Waals surface area (Å²) in [5.41, 5.74) is 0. The zero-order chi connectivity index (χ0) is 59.9. The lowest BCUT2D eigenvalue weighted by Gasteiger charge is -2.18. The van der Waals surface area contributed by atoms with Crippen LogP contribution >= 0.6 is 0 Å². The van der Waals surface area contributed by atoms with Crippen molar-refractivity contribution in [1.82, 2.24) is 0 Å². The monoisotopic (exact) mass is 1160 g/mol. The molecule has 0 N–H and O–H groups in total. The summed E-state index contributed by atoms with van der Waals surface area (Å²) in [4.78, 5) is 38.5. The number of unbranched alkanes of at least 4 members (excludes halogenated alkanes) is 38. The summed E-state index contributed by atoms with van der Waals surface area (Å²) in [6.45, 7) is 6.54. The number of hydrogen-bond donors (Lipinski definition) is 0. The van der Waals surface area contributed by atoms with Crippen LogP contribution in [0, 0.1) is 0 Å². The predicted octanol–water partition coefficient (Wildman–Crippen LogP) is 24.8. The number of allylic oxidation sites excluding steroid dienone is 16. The van der Waals surface area contributed by atoms with Gasteiger partial charge in [-0.1, -0.05) is 330 Å². The van der Waals surface area contributed by atoms with Gasteiger partial charge in [-0.15, -0.1) is 0 Å². The van der Waals surface area contributed by atoms with Gasteiger partial charge in [-0.25, -0.2) is 0 Å². The minimum absolute atomic E-state index is 0.0792. The van der Waals surface area contributed by atoms with Crippen LogP contribution in [0.1, 0.15) is 355 Å². The molecule has 0 rings (SSSR count). The molecule has 0 saturated heterocycles. The molecule has 0 amide bonds. The molecule has 0 aromatic carbocycles. The van der Waals surface area contributed by atoms with Crippen molar-refractivity contribution in [3.8, 4) is 0 Å². The molecule has 1 unspecified atom stereocenters. The number of hydrogen-bond acceptors (Lipinski definition) is 6. The van der Waals surface area contributed by atoms with Gasteiger partial charge in [0.15, 0.2) is 6.10 Å². The SMILES string of the molecule is CC/C=C\C/C=C\C/C=C\C/C=C\C/C=C\C/C=C\CCCCCCCCCCCCCCC(=O)OCC(COC(=O)CCCCCCC/C=C\C/C=C\CCCCC)OC(=O)CCCCCCCCCCCCCCCCCCCCC. The van der Waals surface area contributed by atoms with Gasteiger partial charge in [-0.05, 0) is 103 Å². The maximum Gasteiger partial charge on any atom is 0.306 e. The number of carbonyl (C=O) groups is 3. The van der Waals surface area contributed by atoms with E-state index in [0.29, 0.717) is 19.3 Å². The number of rotatable bonds is 65. The molecular weight excluding hydrogens is 1020 g/mol. The second kappa shape index (κ2) is 70.8. The molecule has 6 nitrogen and oxygen atoms in total. The molecule has 0 radical (unpaired) electrons. The largest absolute Gasteiger partial charge is 0.462 e. The average Bonchev–Trinajstić information content (AvgIpc) is 3.49. The Labute approximate surface area is 515 Å². The Morgan fingerprint density at radius 2 is 0.470 bits per heavy atom. The number of esters is 3. The van der Waals surface area contributed by atoms with E-state index in [9.17, 15) is 14.4 Å². The third-order valence-electron chi connectivity index (χ3n) is 15.6. The summed E-state index contributed by atoms with van der Waals surface area (Å²) in [6.07, 6.45) is 95.7.